The van der Waals surface area contributed by atoms with E-state index in [4.69, 9.17) is 5.10 Å². The second-order valence-corrected chi connectivity index (χ2v) is 9.30. The Balaban J connectivity index is 1.88. The largest absolute Gasteiger partial charge is 0.262 e. The Morgan fingerprint density at radius 2 is 1.29 bits per heavy atom. The van der Waals surface area contributed by atoms with Crippen molar-refractivity contribution in [3.63, 3.8) is 0 Å². The number of aryl methyl sites for hydroxylation is 2. The number of nitrogens with zero attached hydrogens (tertiary/aromatic N) is 2. The van der Waals surface area contributed by atoms with Crippen LogP contribution in [0.2, 0.25) is 0 Å². The molecule has 2 nitrogen and oxygen atoms in total. The Bertz CT molecular complexity index is 1010. The van der Waals surface area contributed by atoms with E-state index < -0.39 is 7.92 Å². The molecule has 0 saturated heterocycles. The number of hydrogen-bond acceptors (Lipinski definition) is 1. The van der Waals surface area contributed by atoms with E-state index in [0.717, 1.165) is 5.69 Å². The Kier molecular flexibility index (Phi) is 5.41. The monoisotopic (exact) mass is 384 g/mol. The Morgan fingerprint density at radius 3 is 1.82 bits per heavy atom. The highest BCUT2D eigenvalue weighted by Crippen LogP contribution is 2.36. The van der Waals surface area contributed by atoms with Crippen molar-refractivity contribution in [3.05, 3.63) is 108 Å². The van der Waals surface area contributed by atoms with Gasteiger partial charge in [-0.1, -0.05) is 84.9 Å². The molecule has 3 aromatic carbocycles. The standard InChI is InChI=1S/C25H25N2P/c1-19-18-20(2)27(26-19)21(3)24-16-10-11-17-25(24)28(22-12-6-4-7-13-22)23-14-8-5-9-15-23/h4-18,21H,1-3H3/t21-/m1/s1. The lowest BCUT2D eigenvalue weighted by Crippen LogP contribution is -2.26. The Labute approximate surface area is 168 Å². The molecule has 1 heterocycles. The average molecular weight is 384 g/mol. The van der Waals surface area contributed by atoms with Crippen molar-refractivity contribution in [1.29, 1.82) is 0 Å². The minimum Gasteiger partial charge on any atom is -0.262 e. The highest BCUT2D eigenvalue weighted by Gasteiger charge is 2.23. The van der Waals surface area contributed by atoms with Gasteiger partial charge in [0.25, 0.3) is 0 Å². The van der Waals surface area contributed by atoms with Crippen molar-refractivity contribution in [2.45, 2.75) is 26.8 Å². The maximum Gasteiger partial charge on any atom is 0.0749 e. The van der Waals surface area contributed by atoms with Crippen LogP contribution in [-0.4, -0.2) is 9.78 Å². The van der Waals surface area contributed by atoms with Gasteiger partial charge in [-0.05, 0) is 56.2 Å². The van der Waals surface area contributed by atoms with Crippen LogP contribution in [0.25, 0.3) is 0 Å². The summed E-state index contributed by atoms with van der Waals surface area (Å²) in [5.74, 6) is 0. The van der Waals surface area contributed by atoms with Gasteiger partial charge in [-0.2, -0.15) is 5.10 Å². The minimum absolute atomic E-state index is 0.183. The molecule has 0 aliphatic heterocycles. The fourth-order valence-corrected chi connectivity index (χ4v) is 6.35. The van der Waals surface area contributed by atoms with E-state index in [-0.39, 0.29) is 6.04 Å². The molecule has 3 heteroatoms. The van der Waals surface area contributed by atoms with Crippen LogP contribution in [0.1, 0.15) is 29.9 Å². The van der Waals surface area contributed by atoms with Crippen molar-refractivity contribution in [2.24, 2.45) is 0 Å². The Morgan fingerprint density at radius 1 is 0.750 bits per heavy atom. The van der Waals surface area contributed by atoms with Crippen LogP contribution < -0.4 is 15.9 Å². The number of rotatable bonds is 5. The van der Waals surface area contributed by atoms with Crippen LogP contribution in [0, 0.1) is 13.8 Å². The second-order valence-electron chi connectivity index (χ2n) is 7.11. The quantitative estimate of drug-likeness (QED) is 0.449. The van der Waals surface area contributed by atoms with E-state index in [1.165, 1.54) is 27.2 Å². The Hall–Kier alpha value is -2.70. The van der Waals surface area contributed by atoms with Gasteiger partial charge in [0.2, 0.25) is 0 Å². The van der Waals surface area contributed by atoms with Gasteiger partial charge in [0, 0.05) is 5.69 Å². The average Bonchev–Trinajstić information content (AvgIpc) is 3.08. The zero-order valence-electron chi connectivity index (χ0n) is 16.6. The fraction of sp³-hybridized carbons (Fsp3) is 0.160. The molecular weight excluding hydrogens is 359 g/mol. The third kappa shape index (κ3) is 3.66. The van der Waals surface area contributed by atoms with Gasteiger partial charge in [0.05, 0.1) is 11.7 Å². The molecule has 0 aliphatic rings. The van der Waals surface area contributed by atoms with Gasteiger partial charge < -0.3 is 0 Å². The third-order valence-corrected chi connectivity index (χ3v) is 7.59. The zero-order chi connectivity index (χ0) is 19.5. The van der Waals surface area contributed by atoms with E-state index >= 15 is 0 Å². The van der Waals surface area contributed by atoms with Crippen LogP contribution in [0.3, 0.4) is 0 Å². The smallest absolute Gasteiger partial charge is 0.0749 e. The fourth-order valence-electron chi connectivity index (χ4n) is 3.80. The molecule has 0 bridgehead atoms. The lowest BCUT2D eigenvalue weighted by molar-refractivity contribution is 0.548. The van der Waals surface area contributed by atoms with Crippen molar-refractivity contribution < 1.29 is 0 Å². The molecule has 0 amide bonds. The molecule has 0 unspecified atom stereocenters. The summed E-state index contributed by atoms with van der Waals surface area (Å²) in [6.45, 7) is 6.45. The summed E-state index contributed by atoms with van der Waals surface area (Å²) < 4.78 is 2.15. The predicted molar refractivity (Wildman–Crippen MR) is 121 cm³/mol. The molecule has 4 rings (SSSR count). The number of hydrogen-bond donors (Lipinski definition) is 0. The number of benzene rings is 3. The van der Waals surface area contributed by atoms with Gasteiger partial charge in [0.15, 0.2) is 0 Å². The van der Waals surface area contributed by atoms with Crippen molar-refractivity contribution in [1.82, 2.24) is 9.78 Å². The van der Waals surface area contributed by atoms with Gasteiger partial charge in [-0.25, -0.2) is 0 Å². The SMILES string of the molecule is Cc1cc(C)n([C@H](C)c2ccccc2P(c2ccccc2)c2ccccc2)n1. The topological polar surface area (TPSA) is 17.8 Å². The first-order valence-corrected chi connectivity index (χ1v) is 11.0. The van der Waals surface area contributed by atoms with Crippen LogP contribution >= 0.6 is 7.92 Å². The lowest BCUT2D eigenvalue weighted by atomic mass is 10.1. The molecule has 0 spiro atoms. The second kappa shape index (κ2) is 8.12. The lowest BCUT2D eigenvalue weighted by Gasteiger charge is -2.25. The first-order chi connectivity index (χ1) is 13.6. The molecule has 0 radical (unpaired) electrons. The minimum atomic E-state index is -0.634. The molecular formula is C25H25N2P. The number of aromatic nitrogens is 2. The molecule has 1 aromatic heterocycles. The van der Waals surface area contributed by atoms with E-state index in [1.807, 2.05) is 0 Å². The van der Waals surface area contributed by atoms with Crippen LogP contribution in [0.15, 0.2) is 91.0 Å². The molecule has 0 saturated carbocycles. The molecule has 0 fully saturated rings. The zero-order valence-corrected chi connectivity index (χ0v) is 17.5. The van der Waals surface area contributed by atoms with Crippen LogP contribution in [0.5, 0.6) is 0 Å². The predicted octanol–water partition coefficient (Wildman–Crippen LogP) is 4.87. The van der Waals surface area contributed by atoms with E-state index in [0.29, 0.717) is 0 Å². The van der Waals surface area contributed by atoms with Gasteiger partial charge >= 0.3 is 0 Å². The summed E-state index contributed by atoms with van der Waals surface area (Å²) in [5, 5.41) is 8.90. The molecule has 140 valence electrons. The summed E-state index contributed by atoms with van der Waals surface area (Å²) in [4.78, 5) is 0. The van der Waals surface area contributed by atoms with Gasteiger partial charge in [-0.3, -0.25) is 4.68 Å². The van der Waals surface area contributed by atoms with Crippen molar-refractivity contribution in [3.8, 4) is 0 Å². The van der Waals surface area contributed by atoms with Gasteiger partial charge in [0.1, 0.15) is 0 Å². The maximum absolute atomic E-state index is 4.76. The first kappa shape index (κ1) is 18.7. The first-order valence-electron chi connectivity index (χ1n) is 9.67. The highest BCUT2D eigenvalue weighted by molar-refractivity contribution is 7.79. The summed E-state index contributed by atoms with van der Waals surface area (Å²) in [7, 11) is -0.634. The molecule has 4 aromatic rings. The van der Waals surface area contributed by atoms with Crippen molar-refractivity contribution in [2.75, 3.05) is 0 Å². The molecule has 0 N–H and O–H groups in total. The van der Waals surface area contributed by atoms with Crippen molar-refractivity contribution >= 4 is 23.8 Å². The maximum atomic E-state index is 4.76. The van der Waals surface area contributed by atoms with E-state index in [2.05, 4.69) is 116 Å². The van der Waals surface area contributed by atoms with Crippen LogP contribution in [0.4, 0.5) is 0 Å². The molecule has 0 aliphatic carbocycles. The summed E-state index contributed by atoms with van der Waals surface area (Å²) in [6, 6.07) is 32.9. The summed E-state index contributed by atoms with van der Waals surface area (Å²) >= 11 is 0. The van der Waals surface area contributed by atoms with E-state index in [1.54, 1.807) is 0 Å². The van der Waals surface area contributed by atoms with Gasteiger partial charge in [-0.15, -0.1) is 0 Å². The summed E-state index contributed by atoms with van der Waals surface area (Å²) in [5.41, 5.74) is 3.60. The van der Waals surface area contributed by atoms with E-state index in [9.17, 15) is 0 Å². The normalized spacial score (nSPS) is 12.3. The van der Waals surface area contributed by atoms with Crippen LogP contribution in [-0.2, 0) is 0 Å². The molecule has 1 atom stereocenters. The molecule has 28 heavy (non-hydrogen) atoms. The highest BCUT2D eigenvalue weighted by atomic mass is 31.1. The third-order valence-electron chi connectivity index (χ3n) is 5.07. The summed E-state index contributed by atoms with van der Waals surface area (Å²) in [6.07, 6.45) is 0.